The van der Waals surface area contributed by atoms with Gasteiger partial charge >= 0.3 is 0 Å². The molecule has 0 atom stereocenters. The molecule has 0 spiro atoms. The van der Waals surface area contributed by atoms with E-state index in [0.29, 0.717) is 12.5 Å². The van der Waals surface area contributed by atoms with Crippen LogP contribution in [0.25, 0.3) is 0 Å². The highest BCUT2D eigenvalue weighted by molar-refractivity contribution is 5.29. The Labute approximate surface area is 115 Å². The van der Waals surface area contributed by atoms with Crippen molar-refractivity contribution in [3.8, 4) is 0 Å². The fourth-order valence-corrected chi connectivity index (χ4v) is 2.26. The van der Waals surface area contributed by atoms with Crippen LogP contribution in [0.4, 0.5) is 0 Å². The minimum Gasteiger partial charge on any atom is -0.334 e. The summed E-state index contributed by atoms with van der Waals surface area (Å²) < 4.78 is 2.08. The van der Waals surface area contributed by atoms with Gasteiger partial charge in [-0.1, -0.05) is 38.1 Å². The van der Waals surface area contributed by atoms with E-state index in [4.69, 9.17) is 5.73 Å². The molecular formula is C16H23N3. The lowest BCUT2D eigenvalue weighted by Crippen LogP contribution is -2.05. The minimum atomic E-state index is 0.490. The summed E-state index contributed by atoms with van der Waals surface area (Å²) in [4.78, 5) is 4.62. The Bertz CT molecular complexity index is 550. The first kappa shape index (κ1) is 13.8. The van der Waals surface area contributed by atoms with Crippen molar-refractivity contribution in [1.82, 2.24) is 9.55 Å². The first-order valence-corrected chi connectivity index (χ1v) is 6.83. The second kappa shape index (κ2) is 5.57. The van der Waals surface area contributed by atoms with Gasteiger partial charge in [-0.05, 0) is 24.0 Å². The van der Waals surface area contributed by atoms with E-state index >= 15 is 0 Å². The van der Waals surface area contributed by atoms with Crippen molar-refractivity contribution in [3.63, 3.8) is 0 Å². The summed E-state index contributed by atoms with van der Waals surface area (Å²) in [5.74, 6) is 1.53. The summed E-state index contributed by atoms with van der Waals surface area (Å²) in [6.45, 7) is 7.02. The lowest BCUT2D eigenvalue weighted by atomic mass is 10.00. The van der Waals surface area contributed by atoms with Crippen LogP contribution in [0.3, 0.4) is 0 Å². The summed E-state index contributed by atoms with van der Waals surface area (Å²) in [7, 11) is 2.02. The van der Waals surface area contributed by atoms with E-state index in [1.807, 2.05) is 7.05 Å². The highest BCUT2D eigenvalue weighted by Crippen LogP contribution is 2.18. The van der Waals surface area contributed by atoms with E-state index in [-0.39, 0.29) is 0 Å². The van der Waals surface area contributed by atoms with Gasteiger partial charge in [0.05, 0.1) is 12.2 Å². The van der Waals surface area contributed by atoms with Crippen LogP contribution in [-0.4, -0.2) is 9.55 Å². The van der Waals surface area contributed by atoms with E-state index in [1.165, 1.54) is 16.8 Å². The zero-order valence-electron chi connectivity index (χ0n) is 12.3. The Balaban J connectivity index is 2.21. The van der Waals surface area contributed by atoms with Crippen LogP contribution < -0.4 is 5.73 Å². The molecule has 2 N–H and O–H groups in total. The summed E-state index contributed by atoms with van der Waals surface area (Å²) in [6, 6.07) is 8.82. The minimum absolute atomic E-state index is 0.490. The van der Waals surface area contributed by atoms with Gasteiger partial charge in [0.15, 0.2) is 0 Å². The summed E-state index contributed by atoms with van der Waals surface area (Å²) in [5, 5.41) is 0. The second-order valence-electron chi connectivity index (χ2n) is 5.40. The van der Waals surface area contributed by atoms with Crippen LogP contribution in [0.15, 0.2) is 24.3 Å². The third kappa shape index (κ3) is 2.87. The van der Waals surface area contributed by atoms with Crippen molar-refractivity contribution in [2.45, 2.75) is 39.7 Å². The van der Waals surface area contributed by atoms with E-state index < -0.39 is 0 Å². The molecule has 1 aromatic heterocycles. The third-order valence-corrected chi connectivity index (χ3v) is 3.77. The Morgan fingerprint density at radius 2 is 1.84 bits per heavy atom. The number of nitrogens with zero attached hydrogens (tertiary/aromatic N) is 2. The van der Waals surface area contributed by atoms with Crippen LogP contribution in [0, 0.1) is 6.92 Å². The van der Waals surface area contributed by atoms with Gasteiger partial charge in [0, 0.05) is 19.2 Å². The quantitative estimate of drug-likeness (QED) is 0.915. The van der Waals surface area contributed by atoms with Gasteiger partial charge in [0.2, 0.25) is 0 Å². The maximum atomic E-state index is 5.70. The van der Waals surface area contributed by atoms with Gasteiger partial charge in [-0.3, -0.25) is 0 Å². The predicted octanol–water partition coefficient (Wildman–Crippen LogP) is 2.90. The largest absolute Gasteiger partial charge is 0.334 e. The molecule has 3 heteroatoms. The molecule has 0 saturated heterocycles. The Morgan fingerprint density at radius 1 is 1.21 bits per heavy atom. The molecule has 2 rings (SSSR count). The van der Waals surface area contributed by atoms with E-state index in [1.54, 1.807) is 0 Å². The molecule has 0 radical (unpaired) electrons. The van der Waals surface area contributed by atoms with Crippen molar-refractivity contribution in [2.24, 2.45) is 12.8 Å². The molecule has 0 aliphatic heterocycles. The van der Waals surface area contributed by atoms with Crippen LogP contribution >= 0.6 is 0 Å². The lowest BCUT2D eigenvalue weighted by Gasteiger charge is -2.06. The topological polar surface area (TPSA) is 43.8 Å². The molecule has 1 aromatic carbocycles. The standard InChI is InChI=1S/C16H23N3/c1-11(2)14-7-5-13(6-8-14)9-15-12(3)19(4)16(10-17)18-15/h5-8,11H,9-10,17H2,1-4H3. The van der Waals surface area contributed by atoms with Gasteiger partial charge in [-0.25, -0.2) is 4.98 Å². The lowest BCUT2D eigenvalue weighted by molar-refractivity contribution is 0.774. The molecule has 0 aliphatic rings. The second-order valence-corrected chi connectivity index (χ2v) is 5.40. The van der Waals surface area contributed by atoms with Crippen LogP contribution in [0.2, 0.25) is 0 Å². The fraction of sp³-hybridized carbons (Fsp3) is 0.438. The zero-order valence-corrected chi connectivity index (χ0v) is 12.3. The average Bonchev–Trinajstić information content (AvgIpc) is 2.67. The van der Waals surface area contributed by atoms with Gasteiger partial charge in [-0.15, -0.1) is 0 Å². The predicted molar refractivity (Wildman–Crippen MR) is 79.2 cm³/mol. The summed E-state index contributed by atoms with van der Waals surface area (Å²) >= 11 is 0. The van der Waals surface area contributed by atoms with Gasteiger partial charge in [0.25, 0.3) is 0 Å². The first-order chi connectivity index (χ1) is 9.02. The van der Waals surface area contributed by atoms with E-state index in [0.717, 1.165) is 17.9 Å². The fourth-order valence-electron chi connectivity index (χ4n) is 2.26. The third-order valence-electron chi connectivity index (χ3n) is 3.77. The number of imidazole rings is 1. The molecule has 2 aromatic rings. The summed E-state index contributed by atoms with van der Waals surface area (Å²) in [6.07, 6.45) is 0.873. The maximum absolute atomic E-state index is 5.70. The molecular weight excluding hydrogens is 234 g/mol. The van der Waals surface area contributed by atoms with Gasteiger partial charge < -0.3 is 10.3 Å². The van der Waals surface area contributed by atoms with Crippen molar-refractivity contribution >= 4 is 0 Å². The molecule has 0 amide bonds. The van der Waals surface area contributed by atoms with Crippen molar-refractivity contribution < 1.29 is 0 Å². The zero-order chi connectivity index (χ0) is 14.0. The highest BCUT2D eigenvalue weighted by atomic mass is 15.1. The number of benzene rings is 1. The van der Waals surface area contributed by atoms with Crippen molar-refractivity contribution in [3.05, 3.63) is 52.6 Å². The number of rotatable bonds is 4. The molecule has 0 saturated carbocycles. The highest BCUT2D eigenvalue weighted by Gasteiger charge is 2.10. The Morgan fingerprint density at radius 3 is 2.32 bits per heavy atom. The van der Waals surface area contributed by atoms with Crippen LogP contribution in [0.1, 0.15) is 48.1 Å². The van der Waals surface area contributed by atoms with Gasteiger partial charge in [0.1, 0.15) is 5.82 Å². The molecule has 0 fully saturated rings. The van der Waals surface area contributed by atoms with Crippen LogP contribution in [-0.2, 0) is 20.0 Å². The number of nitrogens with two attached hydrogens (primary N) is 1. The average molecular weight is 257 g/mol. The van der Waals surface area contributed by atoms with E-state index in [2.05, 4.69) is 54.6 Å². The molecule has 0 bridgehead atoms. The first-order valence-electron chi connectivity index (χ1n) is 6.83. The number of hydrogen-bond acceptors (Lipinski definition) is 2. The molecule has 0 unspecified atom stereocenters. The molecule has 1 heterocycles. The Hall–Kier alpha value is -1.61. The molecule has 3 nitrogen and oxygen atoms in total. The molecule has 0 aliphatic carbocycles. The van der Waals surface area contributed by atoms with E-state index in [9.17, 15) is 0 Å². The van der Waals surface area contributed by atoms with Crippen LogP contribution in [0.5, 0.6) is 0 Å². The monoisotopic (exact) mass is 257 g/mol. The Kier molecular flexibility index (Phi) is 4.05. The van der Waals surface area contributed by atoms with Crippen molar-refractivity contribution in [1.29, 1.82) is 0 Å². The maximum Gasteiger partial charge on any atom is 0.122 e. The van der Waals surface area contributed by atoms with Crippen molar-refractivity contribution in [2.75, 3.05) is 0 Å². The van der Waals surface area contributed by atoms with Gasteiger partial charge in [-0.2, -0.15) is 0 Å². The summed E-state index contributed by atoms with van der Waals surface area (Å²) in [5.41, 5.74) is 10.7. The SMILES string of the molecule is Cc1c(Cc2ccc(C(C)C)cc2)nc(CN)n1C. The molecule has 102 valence electrons. The molecule has 19 heavy (non-hydrogen) atoms. The normalized spacial score (nSPS) is 11.3. The number of aromatic nitrogens is 2. The smallest absolute Gasteiger partial charge is 0.122 e. The number of hydrogen-bond donors (Lipinski definition) is 1.